The van der Waals surface area contributed by atoms with E-state index in [9.17, 15) is 9.59 Å². The molecular weight excluding hydrogens is 358 g/mol. The number of aryl methyl sites for hydroxylation is 2. The van der Waals surface area contributed by atoms with Gasteiger partial charge in [-0.3, -0.25) is 18.9 Å². The molecule has 9 heteroatoms. The summed E-state index contributed by atoms with van der Waals surface area (Å²) in [5.74, 6) is 1.90. The Morgan fingerprint density at radius 1 is 1.04 bits per heavy atom. The predicted octanol–water partition coefficient (Wildman–Crippen LogP) is 0.596. The number of anilines is 1. The van der Waals surface area contributed by atoms with Gasteiger partial charge in [-0.2, -0.15) is 4.98 Å². The Kier molecular flexibility index (Phi) is 5.23. The number of nitrogens with zero attached hydrogens (tertiary/aromatic N) is 6. The lowest BCUT2D eigenvalue weighted by Crippen LogP contribution is -2.37. The van der Waals surface area contributed by atoms with Crippen LogP contribution in [-0.2, 0) is 20.6 Å². The number of aliphatic imine (C=N–C) groups is 1. The molecule has 0 unspecified atom stereocenters. The van der Waals surface area contributed by atoms with Crippen molar-refractivity contribution in [3.63, 3.8) is 0 Å². The van der Waals surface area contributed by atoms with E-state index in [-0.39, 0.29) is 11.2 Å². The number of rotatable bonds is 5. The summed E-state index contributed by atoms with van der Waals surface area (Å²) in [5.41, 5.74) is 0.375. The van der Waals surface area contributed by atoms with Gasteiger partial charge in [0, 0.05) is 53.2 Å². The van der Waals surface area contributed by atoms with Crippen molar-refractivity contribution in [1.29, 1.82) is 0 Å². The van der Waals surface area contributed by atoms with Gasteiger partial charge in [-0.05, 0) is 32.1 Å². The van der Waals surface area contributed by atoms with Gasteiger partial charge in [0.2, 0.25) is 5.95 Å². The highest BCUT2D eigenvalue weighted by Gasteiger charge is 2.23. The quantitative estimate of drug-likeness (QED) is 0.759. The third-order valence-electron chi connectivity index (χ3n) is 5.73. The minimum atomic E-state index is -0.340. The Hall–Kier alpha value is -2.58. The average Bonchev–Trinajstić information content (AvgIpc) is 3.36. The standard InChI is InChI=1S/C19H29N7O2/c1-23-16-15(17(27)24(2)19(23)28)26(13-7-10-21-14-8-6-9-20-14)18(22-16)25-11-4-3-5-12-25/h3-13H2,1-2H3,(H,20,21). The molecule has 0 aliphatic carbocycles. The van der Waals surface area contributed by atoms with Crippen molar-refractivity contribution in [3.05, 3.63) is 20.8 Å². The zero-order valence-electron chi connectivity index (χ0n) is 16.8. The van der Waals surface area contributed by atoms with E-state index in [1.54, 1.807) is 7.05 Å². The second-order valence-electron chi connectivity index (χ2n) is 7.70. The van der Waals surface area contributed by atoms with Crippen LogP contribution in [0.15, 0.2) is 14.6 Å². The zero-order valence-corrected chi connectivity index (χ0v) is 16.8. The maximum absolute atomic E-state index is 12.9. The van der Waals surface area contributed by atoms with Crippen LogP contribution in [0.2, 0.25) is 0 Å². The molecule has 152 valence electrons. The van der Waals surface area contributed by atoms with Crippen LogP contribution >= 0.6 is 0 Å². The van der Waals surface area contributed by atoms with Gasteiger partial charge >= 0.3 is 5.69 Å². The molecule has 28 heavy (non-hydrogen) atoms. The van der Waals surface area contributed by atoms with Crippen LogP contribution in [-0.4, -0.2) is 50.7 Å². The largest absolute Gasteiger partial charge is 0.374 e. The first kappa shape index (κ1) is 18.8. The molecule has 2 aliphatic rings. The molecule has 1 saturated heterocycles. The predicted molar refractivity (Wildman–Crippen MR) is 110 cm³/mol. The lowest BCUT2D eigenvalue weighted by molar-refractivity contribution is 0.549. The number of nitrogens with one attached hydrogen (secondary N) is 1. The fourth-order valence-electron chi connectivity index (χ4n) is 4.14. The Morgan fingerprint density at radius 2 is 1.82 bits per heavy atom. The van der Waals surface area contributed by atoms with Gasteiger partial charge in [0.15, 0.2) is 11.2 Å². The molecule has 4 rings (SSSR count). The van der Waals surface area contributed by atoms with Crippen LogP contribution in [0.5, 0.6) is 0 Å². The van der Waals surface area contributed by atoms with Gasteiger partial charge in [0.1, 0.15) is 0 Å². The number of amidine groups is 1. The third-order valence-corrected chi connectivity index (χ3v) is 5.73. The van der Waals surface area contributed by atoms with Crippen molar-refractivity contribution in [2.45, 2.75) is 45.1 Å². The summed E-state index contributed by atoms with van der Waals surface area (Å²) in [4.78, 5) is 36.7. The van der Waals surface area contributed by atoms with Crippen LogP contribution < -0.4 is 21.5 Å². The summed E-state index contributed by atoms with van der Waals surface area (Å²) in [7, 11) is 3.21. The summed E-state index contributed by atoms with van der Waals surface area (Å²) < 4.78 is 4.67. The van der Waals surface area contributed by atoms with E-state index >= 15 is 0 Å². The molecule has 4 heterocycles. The minimum absolute atomic E-state index is 0.276. The molecule has 2 aromatic heterocycles. The second kappa shape index (κ2) is 7.81. The fourth-order valence-corrected chi connectivity index (χ4v) is 4.14. The number of imidazole rings is 1. The van der Waals surface area contributed by atoms with E-state index in [1.807, 2.05) is 4.57 Å². The number of hydrogen-bond donors (Lipinski definition) is 1. The molecule has 1 N–H and O–H groups in total. The van der Waals surface area contributed by atoms with Crippen molar-refractivity contribution in [1.82, 2.24) is 24.0 Å². The molecule has 0 amide bonds. The normalized spacial score (nSPS) is 17.4. The van der Waals surface area contributed by atoms with Gasteiger partial charge in [-0.1, -0.05) is 0 Å². The number of piperidine rings is 1. The Labute approximate surface area is 163 Å². The Morgan fingerprint density at radius 3 is 2.54 bits per heavy atom. The number of fused-ring (bicyclic) bond motifs is 1. The van der Waals surface area contributed by atoms with Crippen LogP contribution in [0, 0.1) is 0 Å². The smallest absolute Gasteiger partial charge is 0.332 e. The SMILES string of the molecule is Cn1c(=O)c2c(nc(N3CCCCC3)n2CCCNC2=NCCC2)n(C)c1=O. The van der Waals surface area contributed by atoms with Crippen molar-refractivity contribution < 1.29 is 0 Å². The van der Waals surface area contributed by atoms with E-state index in [0.717, 1.165) is 70.1 Å². The summed E-state index contributed by atoms with van der Waals surface area (Å²) in [6.45, 7) is 4.27. The molecule has 2 aromatic rings. The lowest BCUT2D eigenvalue weighted by Gasteiger charge is -2.28. The first-order valence-corrected chi connectivity index (χ1v) is 10.3. The summed E-state index contributed by atoms with van der Waals surface area (Å²) in [6.07, 6.45) is 6.48. The highest BCUT2D eigenvalue weighted by molar-refractivity contribution is 5.83. The van der Waals surface area contributed by atoms with Gasteiger partial charge in [0.05, 0.1) is 5.84 Å². The van der Waals surface area contributed by atoms with Gasteiger partial charge in [-0.25, -0.2) is 4.79 Å². The van der Waals surface area contributed by atoms with Gasteiger partial charge < -0.3 is 14.8 Å². The van der Waals surface area contributed by atoms with Crippen LogP contribution in [0.3, 0.4) is 0 Å². The molecule has 9 nitrogen and oxygen atoms in total. The first-order valence-electron chi connectivity index (χ1n) is 10.3. The monoisotopic (exact) mass is 387 g/mol. The summed E-state index contributed by atoms with van der Waals surface area (Å²) >= 11 is 0. The molecular formula is C19H29N7O2. The molecule has 2 aliphatic heterocycles. The molecule has 1 fully saturated rings. The molecule has 0 bridgehead atoms. The maximum Gasteiger partial charge on any atom is 0.332 e. The van der Waals surface area contributed by atoms with E-state index in [4.69, 9.17) is 4.98 Å². The van der Waals surface area contributed by atoms with Crippen molar-refractivity contribution in [2.24, 2.45) is 19.1 Å². The van der Waals surface area contributed by atoms with Crippen molar-refractivity contribution >= 4 is 22.9 Å². The first-order chi connectivity index (χ1) is 13.6. The highest BCUT2D eigenvalue weighted by Crippen LogP contribution is 2.23. The van der Waals surface area contributed by atoms with E-state index in [1.165, 1.54) is 22.6 Å². The van der Waals surface area contributed by atoms with Crippen LogP contribution in [0.1, 0.15) is 38.5 Å². The average molecular weight is 387 g/mol. The topological polar surface area (TPSA) is 89.4 Å². The molecule has 0 radical (unpaired) electrons. The second-order valence-corrected chi connectivity index (χ2v) is 7.70. The maximum atomic E-state index is 12.9. The van der Waals surface area contributed by atoms with Crippen LogP contribution in [0.4, 0.5) is 5.95 Å². The van der Waals surface area contributed by atoms with Crippen molar-refractivity contribution in [3.8, 4) is 0 Å². The lowest BCUT2D eigenvalue weighted by atomic mass is 10.1. The molecule has 0 aromatic carbocycles. The molecule has 0 atom stereocenters. The van der Waals surface area contributed by atoms with E-state index in [2.05, 4.69) is 15.2 Å². The number of aromatic nitrogens is 4. The third kappa shape index (κ3) is 3.33. The van der Waals surface area contributed by atoms with Gasteiger partial charge in [-0.15, -0.1) is 0 Å². The van der Waals surface area contributed by atoms with E-state index < -0.39 is 0 Å². The molecule has 0 saturated carbocycles. The van der Waals surface area contributed by atoms with Crippen LogP contribution in [0.25, 0.3) is 11.2 Å². The molecule has 0 spiro atoms. The van der Waals surface area contributed by atoms with Crippen molar-refractivity contribution in [2.75, 3.05) is 31.1 Å². The fraction of sp³-hybridized carbons (Fsp3) is 0.684. The summed E-state index contributed by atoms with van der Waals surface area (Å²) in [5, 5.41) is 3.40. The Bertz CT molecular complexity index is 1010. The van der Waals surface area contributed by atoms with E-state index in [0.29, 0.717) is 17.7 Å². The highest BCUT2D eigenvalue weighted by atomic mass is 16.2. The Balaban J connectivity index is 1.68. The zero-order chi connectivity index (χ0) is 19.7. The number of hydrogen-bond acceptors (Lipinski definition) is 6. The summed E-state index contributed by atoms with van der Waals surface area (Å²) in [6, 6.07) is 0. The van der Waals surface area contributed by atoms with Gasteiger partial charge in [0.25, 0.3) is 5.56 Å². The minimum Gasteiger partial charge on any atom is -0.374 e.